The Balaban J connectivity index is 2.01. The zero-order chi connectivity index (χ0) is 15.4. The number of hydrogen-bond acceptors (Lipinski definition) is 4. The lowest BCUT2D eigenvalue weighted by Gasteiger charge is -2.21. The van der Waals surface area contributed by atoms with Crippen LogP contribution in [0.1, 0.15) is 38.7 Å². The maximum absolute atomic E-state index is 11.0. The predicted molar refractivity (Wildman–Crippen MR) is 82.5 cm³/mol. The van der Waals surface area contributed by atoms with Crippen LogP contribution in [0.2, 0.25) is 0 Å². The van der Waals surface area contributed by atoms with Gasteiger partial charge in [-0.15, -0.1) is 0 Å². The third-order valence-electron chi connectivity index (χ3n) is 4.76. The maximum atomic E-state index is 11.0. The van der Waals surface area contributed by atoms with Gasteiger partial charge in [0.15, 0.2) is 5.75 Å². The molecule has 1 saturated carbocycles. The molecular formula is C16H24N2O3. The number of nitrogens with one attached hydrogen (secondary N) is 1. The van der Waals surface area contributed by atoms with Gasteiger partial charge in [0.1, 0.15) is 0 Å². The molecule has 5 heteroatoms. The summed E-state index contributed by atoms with van der Waals surface area (Å²) in [6.07, 6.45) is 3.70. The molecule has 1 fully saturated rings. The summed E-state index contributed by atoms with van der Waals surface area (Å²) in [6.45, 7) is 5.21. The fraction of sp³-hybridized carbons (Fsp3) is 0.625. The van der Waals surface area contributed by atoms with Crippen LogP contribution in [-0.2, 0) is 6.54 Å². The van der Waals surface area contributed by atoms with E-state index in [2.05, 4.69) is 19.2 Å². The van der Waals surface area contributed by atoms with Crippen LogP contribution in [0.15, 0.2) is 18.2 Å². The van der Waals surface area contributed by atoms with E-state index < -0.39 is 4.92 Å². The molecule has 0 spiro atoms. The third-order valence-corrected chi connectivity index (χ3v) is 4.76. The van der Waals surface area contributed by atoms with Crippen molar-refractivity contribution in [1.29, 1.82) is 0 Å². The van der Waals surface area contributed by atoms with E-state index in [4.69, 9.17) is 4.74 Å². The molecule has 0 aromatic heterocycles. The first-order valence-corrected chi connectivity index (χ1v) is 7.61. The van der Waals surface area contributed by atoms with E-state index in [0.29, 0.717) is 24.3 Å². The molecule has 5 nitrogen and oxygen atoms in total. The molecule has 0 amide bonds. The van der Waals surface area contributed by atoms with E-state index in [9.17, 15) is 10.1 Å². The van der Waals surface area contributed by atoms with Gasteiger partial charge < -0.3 is 10.1 Å². The topological polar surface area (TPSA) is 64.4 Å². The van der Waals surface area contributed by atoms with E-state index in [-0.39, 0.29) is 5.69 Å². The molecular weight excluding hydrogens is 268 g/mol. The quantitative estimate of drug-likeness (QED) is 0.643. The van der Waals surface area contributed by atoms with Crippen LogP contribution < -0.4 is 10.1 Å². The summed E-state index contributed by atoms with van der Waals surface area (Å²) in [5.74, 6) is 1.78. The SMILES string of the molecule is CCC1CCC(NCc2ccc(OC)c([N+](=O)[O-])c2)C1C. The number of rotatable bonds is 6. The number of hydrogen-bond donors (Lipinski definition) is 1. The fourth-order valence-electron chi connectivity index (χ4n) is 3.35. The predicted octanol–water partition coefficient (Wildman–Crippen LogP) is 3.52. The van der Waals surface area contributed by atoms with E-state index >= 15 is 0 Å². The molecule has 1 aliphatic rings. The minimum absolute atomic E-state index is 0.0303. The van der Waals surface area contributed by atoms with Crippen molar-refractivity contribution in [2.75, 3.05) is 7.11 Å². The molecule has 0 aliphatic heterocycles. The monoisotopic (exact) mass is 292 g/mol. The van der Waals surface area contributed by atoms with Crippen LogP contribution in [0, 0.1) is 22.0 Å². The number of benzene rings is 1. The molecule has 1 aliphatic carbocycles. The molecule has 1 N–H and O–H groups in total. The highest BCUT2D eigenvalue weighted by molar-refractivity contribution is 5.48. The zero-order valence-electron chi connectivity index (χ0n) is 13.0. The first kappa shape index (κ1) is 15.8. The molecule has 0 radical (unpaired) electrons. The average Bonchev–Trinajstić information content (AvgIpc) is 2.85. The van der Waals surface area contributed by atoms with Gasteiger partial charge in [0, 0.05) is 18.7 Å². The van der Waals surface area contributed by atoms with Gasteiger partial charge in [-0.1, -0.05) is 26.3 Å². The third kappa shape index (κ3) is 3.53. The minimum Gasteiger partial charge on any atom is -0.490 e. The Morgan fingerprint density at radius 3 is 2.76 bits per heavy atom. The second kappa shape index (κ2) is 6.89. The summed E-state index contributed by atoms with van der Waals surface area (Å²) in [4.78, 5) is 10.6. The van der Waals surface area contributed by atoms with Gasteiger partial charge in [-0.2, -0.15) is 0 Å². The van der Waals surface area contributed by atoms with E-state index in [1.807, 2.05) is 6.07 Å². The van der Waals surface area contributed by atoms with Gasteiger partial charge in [0.2, 0.25) is 0 Å². The Morgan fingerprint density at radius 2 is 2.19 bits per heavy atom. The second-order valence-corrected chi connectivity index (χ2v) is 5.86. The average molecular weight is 292 g/mol. The van der Waals surface area contributed by atoms with Crippen molar-refractivity contribution in [3.8, 4) is 5.75 Å². The van der Waals surface area contributed by atoms with Gasteiger partial charge in [0.05, 0.1) is 12.0 Å². The molecule has 0 bridgehead atoms. The van der Waals surface area contributed by atoms with E-state index in [1.165, 1.54) is 26.4 Å². The molecule has 1 aromatic rings. The molecule has 21 heavy (non-hydrogen) atoms. The van der Waals surface area contributed by atoms with Crippen LogP contribution in [0.25, 0.3) is 0 Å². The summed E-state index contributed by atoms with van der Waals surface area (Å²) in [7, 11) is 1.45. The Kier molecular flexibility index (Phi) is 5.17. The highest BCUT2D eigenvalue weighted by Gasteiger charge is 2.31. The second-order valence-electron chi connectivity index (χ2n) is 5.86. The molecule has 116 valence electrons. The number of ether oxygens (including phenoxy) is 1. The Hall–Kier alpha value is -1.62. The Bertz CT molecular complexity index is 504. The summed E-state index contributed by atoms with van der Waals surface area (Å²) in [5, 5.41) is 14.6. The maximum Gasteiger partial charge on any atom is 0.311 e. The lowest BCUT2D eigenvalue weighted by molar-refractivity contribution is -0.385. The number of nitrogens with zero attached hydrogens (tertiary/aromatic N) is 1. The van der Waals surface area contributed by atoms with Crippen molar-refractivity contribution in [2.24, 2.45) is 11.8 Å². The highest BCUT2D eigenvalue weighted by Crippen LogP contribution is 2.34. The Labute approximate surface area is 125 Å². The molecule has 0 saturated heterocycles. The Morgan fingerprint density at radius 1 is 1.43 bits per heavy atom. The summed E-state index contributed by atoms with van der Waals surface area (Å²) in [5.41, 5.74) is 0.956. The molecule has 1 aromatic carbocycles. The van der Waals surface area contributed by atoms with Crippen LogP contribution in [0.3, 0.4) is 0 Å². The normalized spacial score (nSPS) is 25.0. The van der Waals surface area contributed by atoms with Crippen LogP contribution in [-0.4, -0.2) is 18.1 Å². The van der Waals surface area contributed by atoms with Crippen molar-refractivity contribution in [3.63, 3.8) is 0 Å². The zero-order valence-corrected chi connectivity index (χ0v) is 13.0. The lowest BCUT2D eigenvalue weighted by atomic mass is 9.93. The first-order valence-electron chi connectivity index (χ1n) is 7.61. The molecule has 2 rings (SSSR count). The van der Waals surface area contributed by atoms with Crippen molar-refractivity contribution in [1.82, 2.24) is 5.32 Å². The molecule has 3 unspecified atom stereocenters. The van der Waals surface area contributed by atoms with Gasteiger partial charge in [-0.3, -0.25) is 10.1 Å². The highest BCUT2D eigenvalue weighted by atomic mass is 16.6. The summed E-state index contributed by atoms with van der Waals surface area (Å²) >= 11 is 0. The summed E-state index contributed by atoms with van der Waals surface area (Å²) < 4.78 is 5.02. The molecule has 0 heterocycles. The van der Waals surface area contributed by atoms with E-state index in [0.717, 1.165) is 11.5 Å². The van der Waals surface area contributed by atoms with Gasteiger partial charge in [-0.05, 0) is 36.3 Å². The molecule has 3 atom stereocenters. The number of methoxy groups -OCH3 is 1. The van der Waals surface area contributed by atoms with Gasteiger partial charge >= 0.3 is 5.69 Å². The standard InChI is InChI=1S/C16H24N2O3/c1-4-13-6-7-14(11(13)2)17-10-12-5-8-16(21-3)15(9-12)18(19)20/h5,8-9,11,13-14,17H,4,6-7,10H2,1-3H3. The van der Waals surface area contributed by atoms with Crippen molar-refractivity contribution in [3.05, 3.63) is 33.9 Å². The van der Waals surface area contributed by atoms with Crippen LogP contribution >= 0.6 is 0 Å². The fourth-order valence-corrected chi connectivity index (χ4v) is 3.35. The van der Waals surface area contributed by atoms with Crippen LogP contribution in [0.5, 0.6) is 5.75 Å². The van der Waals surface area contributed by atoms with Crippen molar-refractivity contribution in [2.45, 2.75) is 45.7 Å². The summed E-state index contributed by atoms with van der Waals surface area (Å²) in [6, 6.07) is 5.66. The van der Waals surface area contributed by atoms with Gasteiger partial charge in [0.25, 0.3) is 0 Å². The van der Waals surface area contributed by atoms with Crippen molar-refractivity contribution < 1.29 is 9.66 Å². The largest absolute Gasteiger partial charge is 0.490 e. The lowest BCUT2D eigenvalue weighted by Crippen LogP contribution is -2.32. The van der Waals surface area contributed by atoms with Crippen molar-refractivity contribution >= 4 is 5.69 Å². The minimum atomic E-state index is -0.395. The number of nitro groups is 1. The smallest absolute Gasteiger partial charge is 0.311 e. The van der Waals surface area contributed by atoms with Crippen LogP contribution in [0.4, 0.5) is 5.69 Å². The van der Waals surface area contributed by atoms with Gasteiger partial charge in [-0.25, -0.2) is 0 Å². The van der Waals surface area contributed by atoms with E-state index in [1.54, 1.807) is 12.1 Å². The number of nitro benzene ring substituents is 1. The first-order chi connectivity index (χ1) is 10.1.